The molecule has 1 fully saturated rings. The number of hydrogen-bond donors (Lipinski definition) is 0. The molecule has 2 aliphatic heterocycles. The Hall–Kier alpha value is -4.91. The van der Waals surface area contributed by atoms with Gasteiger partial charge in [0.05, 0.1) is 37.7 Å². The fourth-order valence-corrected chi connectivity index (χ4v) is 6.54. The molecule has 2 heterocycles. The third-order valence-electron chi connectivity index (χ3n) is 8.31. The molecular weight excluding hydrogens is 506 g/mol. The molecule has 0 unspecified atom stereocenters. The Morgan fingerprint density at radius 3 is 2.25 bits per heavy atom. The molecule has 7 nitrogen and oxygen atoms in total. The third-order valence-corrected chi connectivity index (χ3v) is 8.31. The first kappa shape index (κ1) is 24.2. The number of nitrogens with zero attached hydrogens (tertiary/aromatic N) is 1. The van der Waals surface area contributed by atoms with E-state index < -0.39 is 35.5 Å². The lowest BCUT2D eigenvalue weighted by atomic mass is 9.64. The van der Waals surface area contributed by atoms with Gasteiger partial charge < -0.3 is 14.2 Å². The van der Waals surface area contributed by atoms with E-state index >= 15 is 0 Å². The Labute approximate surface area is 230 Å². The molecule has 0 radical (unpaired) electrons. The normalized spacial score (nSPS) is 23.2. The van der Waals surface area contributed by atoms with Gasteiger partial charge in [-0.15, -0.1) is 0 Å². The van der Waals surface area contributed by atoms with E-state index in [-0.39, 0.29) is 5.91 Å². The molecule has 4 aromatic rings. The van der Waals surface area contributed by atoms with Crippen LogP contribution in [-0.2, 0) is 14.4 Å². The van der Waals surface area contributed by atoms with Crippen LogP contribution >= 0.6 is 0 Å². The van der Waals surface area contributed by atoms with Crippen molar-refractivity contribution in [3.8, 4) is 17.2 Å². The van der Waals surface area contributed by atoms with Gasteiger partial charge in [0.2, 0.25) is 11.8 Å². The SMILES string of the molecule is COc1ccc([C@@H]2C=C3c4c(ccc5ccccc45)OC(=O)[C@@H]3[C@@H]3C(=O)N(c4ccccc4OC)C(=O)[C@@H]32)cc1. The van der Waals surface area contributed by atoms with E-state index in [2.05, 4.69) is 0 Å². The van der Waals surface area contributed by atoms with E-state index in [1.54, 1.807) is 37.4 Å². The average molecular weight is 532 g/mol. The van der Waals surface area contributed by atoms with Crippen molar-refractivity contribution < 1.29 is 28.6 Å². The van der Waals surface area contributed by atoms with Crippen LogP contribution in [0.1, 0.15) is 17.0 Å². The molecule has 3 aliphatic rings. The zero-order chi connectivity index (χ0) is 27.5. The predicted octanol–water partition coefficient (Wildman–Crippen LogP) is 5.38. The molecule has 4 atom stereocenters. The van der Waals surface area contributed by atoms with Crippen LogP contribution in [0.15, 0.2) is 91.0 Å². The van der Waals surface area contributed by atoms with Crippen LogP contribution in [0, 0.1) is 17.8 Å². The van der Waals surface area contributed by atoms with Gasteiger partial charge in [-0.05, 0) is 52.2 Å². The number of rotatable bonds is 4. The number of fused-ring (bicyclic) bond motifs is 7. The number of ether oxygens (including phenoxy) is 3. The number of para-hydroxylation sites is 2. The molecule has 40 heavy (non-hydrogen) atoms. The lowest BCUT2D eigenvalue weighted by Gasteiger charge is -2.38. The van der Waals surface area contributed by atoms with Crippen LogP contribution in [0.4, 0.5) is 5.69 Å². The van der Waals surface area contributed by atoms with Crippen LogP contribution in [-0.4, -0.2) is 32.0 Å². The van der Waals surface area contributed by atoms with Gasteiger partial charge in [0.1, 0.15) is 17.2 Å². The number of esters is 1. The fourth-order valence-electron chi connectivity index (χ4n) is 6.54. The molecule has 1 aliphatic carbocycles. The van der Waals surface area contributed by atoms with Crippen molar-refractivity contribution >= 4 is 39.8 Å². The van der Waals surface area contributed by atoms with Gasteiger partial charge in [-0.1, -0.05) is 60.7 Å². The molecule has 0 N–H and O–H groups in total. The fraction of sp³-hybridized carbons (Fsp3) is 0.182. The summed E-state index contributed by atoms with van der Waals surface area (Å²) < 4.78 is 16.7. The highest BCUT2D eigenvalue weighted by molar-refractivity contribution is 6.25. The number of benzene rings is 4. The van der Waals surface area contributed by atoms with Gasteiger partial charge in [0.25, 0.3) is 0 Å². The molecule has 1 saturated heterocycles. The minimum absolute atomic E-state index is 0.361. The molecular formula is C33H25NO6. The molecule has 0 bridgehead atoms. The van der Waals surface area contributed by atoms with E-state index in [0.717, 1.165) is 21.9 Å². The zero-order valence-corrected chi connectivity index (χ0v) is 21.9. The van der Waals surface area contributed by atoms with Gasteiger partial charge in [0, 0.05) is 11.5 Å². The molecule has 4 aromatic carbocycles. The van der Waals surface area contributed by atoms with Crippen LogP contribution in [0.3, 0.4) is 0 Å². The highest BCUT2D eigenvalue weighted by Gasteiger charge is 2.60. The maximum Gasteiger partial charge on any atom is 0.319 e. The van der Waals surface area contributed by atoms with E-state index in [0.29, 0.717) is 28.5 Å². The van der Waals surface area contributed by atoms with Crippen molar-refractivity contribution in [1.29, 1.82) is 0 Å². The minimum Gasteiger partial charge on any atom is -0.497 e. The lowest BCUT2D eigenvalue weighted by Crippen LogP contribution is -2.42. The van der Waals surface area contributed by atoms with E-state index in [9.17, 15) is 14.4 Å². The molecule has 198 valence electrons. The number of imide groups is 1. The average Bonchev–Trinajstić information content (AvgIpc) is 3.25. The molecule has 7 rings (SSSR count). The minimum atomic E-state index is -0.941. The van der Waals surface area contributed by atoms with Gasteiger partial charge >= 0.3 is 5.97 Å². The number of anilines is 1. The largest absolute Gasteiger partial charge is 0.497 e. The number of carbonyl (C=O) groups is 3. The summed E-state index contributed by atoms with van der Waals surface area (Å²) in [5, 5.41) is 1.92. The first-order valence-corrected chi connectivity index (χ1v) is 13.1. The zero-order valence-electron chi connectivity index (χ0n) is 21.9. The van der Waals surface area contributed by atoms with Gasteiger partial charge in [0.15, 0.2) is 0 Å². The summed E-state index contributed by atoms with van der Waals surface area (Å²) in [6.07, 6.45) is 2.00. The van der Waals surface area contributed by atoms with Crippen molar-refractivity contribution in [1.82, 2.24) is 0 Å². The molecule has 0 saturated carbocycles. The number of allylic oxidation sites excluding steroid dienone is 1. The van der Waals surface area contributed by atoms with Crippen molar-refractivity contribution in [2.45, 2.75) is 5.92 Å². The Balaban J connectivity index is 1.47. The highest BCUT2D eigenvalue weighted by atomic mass is 16.5. The summed E-state index contributed by atoms with van der Waals surface area (Å²) in [5.74, 6) is -2.92. The molecule has 7 heteroatoms. The molecule has 2 amide bonds. The summed E-state index contributed by atoms with van der Waals surface area (Å²) >= 11 is 0. The summed E-state index contributed by atoms with van der Waals surface area (Å²) in [7, 11) is 3.09. The highest BCUT2D eigenvalue weighted by Crippen LogP contribution is 2.56. The second kappa shape index (κ2) is 9.09. The Bertz CT molecular complexity index is 1740. The van der Waals surface area contributed by atoms with Crippen LogP contribution in [0.5, 0.6) is 17.2 Å². The maximum absolute atomic E-state index is 14.3. The van der Waals surface area contributed by atoms with Gasteiger partial charge in [-0.25, -0.2) is 4.90 Å². The van der Waals surface area contributed by atoms with Crippen molar-refractivity contribution in [3.05, 3.63) is 102 Å². The second-order valence-electron chi connectivity index (χ2n) is 10.2. The summed E-state index contributed by atoms with van der Waals surface area (Å²) in [4.78, 5) is 43.3. The number of hydrogen-bond acceptors (Lipinski definition) is 6. The van der Waals surface area contributed by atoms with Crippen molar-refractivity contribution in [2.75, 3.05) is 19.1 Å². The maximum atomic E-state index is 14.3. The van der Waals surface area contributed by atoms with Gasteiger partial charge in [-0.3, -0.25) is 14.4 Å². The first-order chi connectivity index (χ1) is 19.5. The Kier molecular flexibility index (Phi) is 5.49. The summed E-state index contributed by atoms with van der Waals surface area (Å²) in [6, 6.07) is 26.0. The van der Waals surface area contributed by atoms with E-state index in [4.69, 9.17) is 14.2 Å². The third kappa shape index (κ3) is 3.40. The number of methoxy groups -OCH3 is 2. The van der Waals surface area contributed by atoms with Crippen molar-refractivity contribution in [2.24, 2.45) is 17.8 Å². The van der Waals surface area contributed by atoms with Crippen LogP contribution in [0.2, 0.25) is 0 Å². The van der Waals surface area contributed by atoms with E-state index in [1.165, 1.54) is 12.0 Å². The molecule has 0 spiro atoms. The Morgan fingerprint density at radius 1 is 0.750 bits per heavy atom. The predicted molar refractivity (Wildman–Crippen MR) is 149 cm³/mol. The monoisotopic (exact) mass is 531 g/mol. The number of amides is 2. The van der Waals surface area contributed by atoms with Crippen LogP contribution < -0.4 is 19.1 Å². The number of carbonyl (C=O) groups excluding carboxylic acids is 3. The van der Waals surface area contributed by atoms with E-state index in [1.807, 2.05) is 60.7 Å². The summed E-state index contributed by atoms with van der Waals surface area (Å²) in [5.41, 5.74) is 2.72. The standard InChI is InChI=1S/C33H25NO6/c1-38-20-14-11-19(12-15-20)22-17-23-27-21-8-4-3-7-18(21)13-16-26(27)40-33(37)29(23)30-28(22)31(35)34(32(30)36)24-9-5-6-10-25(24)39-2/h3-17,22,28-30H,1-2H3/t22-,28+,29-,30+/m0/s1. The van der Waals surface area contributed by atoms with Gasteiger partial charge in [-0.2, -0.15) is 0 Å². The first-order valence-electron chi connectivity index (χ1n) is 13.1. The second-order valence-corrected chi connectivity index (χ2v) is 10.2. The summed E-state index contributed by atoms with van der Waals surface area (Å²) in [6.45, 7) is 0. The topological polar surface area (TPSA) is 82.1 Å². The quantitative estimate of drug-likeness (QED) is 0.200. The smallest absolute Gasteiger partial charge is 0.319 e. The lowest BCUT2D eigenvalue weighted by molar-refractivity contribution is -0.142. The van der Waals surface area contributed by atoms with Crippen molar-refractivity contribution in [3.63, 3.8) is 0 Å². The molecule has 0 aromatic heterocycles. The van der Waals surface area contributed by atoms with Crippen LogP contribution in [0.25, 0.3) is 16.3 Å². The Morgan fingerprint density at radius 2 is 1.48 bits per heavy atom.